The maximum Gasteiger partial charge on any atom is 0.161 e. The van der Waals surface area contributed by atoms with Crippen LogP contribution in [0, 0.1) is 0 Å². The summed E-state index contributed by atoms with van der Waals surface area (Å²) in [4.78, 5) is 19.4. The van der Waals surface area contributed by atoms with Gasteiger partial charge >= 0.3 is 0 Å². The lowest BCUT2D eigenvalue weighted by Crippen LogP contribution is -1.97. The first-order valence-corrected chi connectivity index (χ1v) is 16.0. The zero-order chi connectivity index (χ0) is 31.9. The molecule has 224 valence electrons. The molecule has 0 fully saturated rings. The molecule has 0 saturated heterocycles. The molecule has 0 saturated carbocycles. The molecule has 0 aliphatic rings. The minimum absolute atomic E-state index is 0.696. The summed E-state index contributed by atoms with van der Waals surface area (Å²) in [6.45, 7) is 0. The molecule has 48 heavy (non-hydrogen) atoms. The van der Waals surface area contributed by atoms with Crippen LogP contribution in [0.15, 0.2) is 170 Å². The van der Waals surface area contributed by atoms with Crippen LogP contribution >= 0.6 is 0 Å². The highest BCUT2D eigenvalue weighted by Gasteiger charge is 2.14. The van der Waals surface area contributed by atoms with Crippen LogP contribution in [0.2, 0.25) is 0 Å². The van der Waals surface area contributed by atoms with Crippen molar-refractivity contribution in [2.75, 3.05) is 0 Å². The zero-order valence-corrected chi connectivity index (χ0v) is 26.0. The Hall–Kier alpha value is -6.52. The molecule has 0 spiro atoms. The molecule has 0 N–H and O–H groups in total. The lowest BCUT2D eigenvalue weighted by atomic mass is 9.98. The third-order valence-electron chi connectivity index (χ3n) is 8.97. The van der Waals surface area contributed by atoms with Crippen molar-refractivity contribution in [3.8, 4) is 56.2 Å². The molecule has 4 heteroatoms. The van der Waals surface area contributed by atoms with E-state index >= 15 is 0 Å². The van der Waals surface area contributed by atoms with Crippen molar-refractivity contribution in [2.24, 2.45) is 0 Å². The van der Waals surface area contributed by atoms with Gasteiger partial charge in [0.05, 0.1) is 11.4 Å². The quantitative estimate of drug-likeness (QED) is 0.194. The summed E-state index contributed by atoms with van der Waals surface area (Å²) in [5, 5.41) is 5.77. The molecule has 6 aromatic carbocycles. The lowest BCUT2D eigenvalue weighted by molar-refractivity contribution is 1.19. The van der Waals surface area contributed by atoms with E-state index in [0.29, 0.717) is 5.82 Å². The Morgan fingerprint density at radius 3 is 1.90 bits per heavy atom. The van der Waals surface area contributed by atoms with Crippen LogP contribution in [0.4, 0.5) is 0 Å². The molecular weight excluding hydrogens is 585 g/mol. The summed E-state index contributed by atoms with van der Waals surface area (Å²) in [7, 11) is 0. The normalized spacial score (nSPS) is 11.3. The summed E-state index contributed by atoms with van der Waals surface area (Å²) in [6.07, 6.45) is 3.66. The van der Waals surface area contributed by atoms with E-state index in [1.807, 2.05) is 18.3 Å². The smallest absolute Gasteiger partial charge is 0.161 e. The van der Waals surface area contributed by atoms with Crippen LogP contribution in [0.1, 0.15) is 0 Å². The van der Waals surface area contributed by atoms with E-state index in [-0.39, 0.29) is 0 Å². The lowest BCUT2D eigenvalue weighted by Gasteiger charge is -2.12. The number of hydrogen-bond acceptors (Lipinski definition) is 4. The van der Waals surface area contributed by atoms with Gasteiger partial charge in [-0.3, -0.25) is 0 Å². The van der Waals surface area contributed by atoms with Gasteiger partial charge in [0.2, 0.25) is 0 Å². The minimum Gasteiger partial charge on any atom is -0.237 e. The largest absolute Gasteiger partial charge is 0.237 e. The Bertz CT molecular complexity index is 2620. The molecule has 0 aliphatic heterocycles. The Kier molecular flexibility index (Phi) is 6.76. The van der Waals surface area contributed by atoms with Gasteiger partial charge in [0.15, 0.2) is 11.5 Å². The average Bonchev–Trinajstić information content (AvgIpc) is 3.17. The fraction of sp³-hybridized carbons (Fsp3) is 0. The first-order valence-electron chi connectivity index (χ1n) is 16.0. The van der Waals surface area contributed by atoms with Crippen molar-refractivity contribution < 1.29 is 0 Å². The minimum atomic E-state index is 0.696. The van der Waals surface area contributed by atoms with E-state index in [0.717, 1.165) is 61.0 Å². The van der Waals surface area contributed by atoms with Gasteiger partial charge in [0.25, 0.3) is 0 Å². The molecule has 9 rings (SSSR count). The van der Waals surface area contributed by atoms with Gasteiger partial charge < -0.3 is 0 Å². The Balaban J connectivity index is 1.16. The van der Waals surface area contributed by atoms with Crippen molar-refractivity contribution in [1.82, 2.24) is 19.9 Å². The van der Waals surface area contributed by atoms with Crippen molar-refractivity contribution in [2.45, 2.75) is 0 Å². The molecule has 3 heterocycles. The Morgan fingerprint density at radius 2 is 1.00 bits per heavy atom. The number of aromatic nitrogens is 4. The fourth-order valence-corrected chi connectivity index (χ4v) is 6.47. The third kappa shape index (κ3) is 5.16. The number of nitrogens with zero attached hydrogens (tertiary/aromatic N) is 4. The van der Waals surface area contributed by atoms with E-state index in [1.54, 1.807) is 6.20 Å². The van der Waals surface area contributed by atoms with Gasteiger partial charge in [-0.1, -0.05) is 121 Å². The van der Waals surface area contributed by atoms with Gasteiger partial charge in [-0.05, 0) is 74.6 Å². The number of fused-ring (bicyclic) bond motifs is 3. The molecule has 4 nitrogen and oxygen atoms in total. The fourth-order valence-electron chi connectivity index (χ4n) is 6.47. The van der Waals surface area contributed by atoms with Gasteiger partial charge in [0, 0.05) is 40.0 Å². The van der Waals surface area contributed by atoms with E-state index in [9.17, 15) is 0 Å². The second kappa shape index (κ2) is 11.7. The Morgan fingerprint density at radius 1 is 0.354 bits per heavy atom. The predicted octanol–water partition coefficient (Wildman–Crippen LogP) is 11.1. The predicted molar refractivity (Wildman–Crippen MR) is 197 cm³/mol. The maximum atomic E-state index is 5.19. The maximum absolute atomic E-state index is 5.19. The first-order chi connectivity index (χ1) is 23.7. The molecule has 9 aromatic rings. The van der Waals surface area contributed by atoms with Crippen LogP contribution in [-0.2, 0) is 0 Å². The van der Waals surface area contributed by atoms with E-state index < -0.39 is 0 Å². The van der Waals surface area contributed by atoms with Crippen molar-refractivity contribution in [1.29, 1.82) is 0 Å². The van der Waals surface area contributed by atoms with Gasteiger partial charge in [0.1, 0.15) is 0 Å². The monoisotopic (exact) mass is 612 g/mol. The summed E-state index contributed by atoms with van der Waals surface area (Å²) >= 11 is 0. The van der Waals surface area contributed by atoms with E-state index in [2.05, 4.69) is 156 Å². The zero-order valence-electron chi connectivity index (χ0n) is 26.0. The van der Waals surface area contributed by atoms with Crippen molar-refractivity contribution in [3.05, 3.63) is 170 Å². The number of rotatable bonds is 5. The average molecular weight is 613 g/mol. The van der Waals surface area contributed by atoms with Gasteiger partial charge in [-0.2, -0.15) is 0 Å². The van der Waals surface area contributed by atoms with E-state index in [4.69, 9.17) is 9.97 Å². The van der Waals surface area contributed by atoms with Crippen LogP contribution in [0.5, 0.6) is 0 Å². The highest BCUT2D eigenvalue weighted by molar-refractivity contribution is 5.96. The molecule has 0 unspecified atom stereocenters. The second-order valence-electron chi connectivity index (χ2n) is 12.0. The van der Waals surface area contributed by atoms with Crippen LogP contribution < -0.4 is 0 Å². The van der Waals surface area contributed by atoms with Crippen molar-refractivity contribution in [3.63, 3.8) is 0 Å². The van der Waals surface area contributed by atoms with Crippen LogP contribution in [0.25, 0.3) is 88.7 Å². The van der Waals surface area contributed by atoms with Gasteiger partial charge in [-0.15, -0.1) is 0 Å². The highest BCUT2D eigenvalue weighted by atomic mass is 14.9. The summed E-state index contributed by atoms with van der Waals surface area (Å²) in [6, 6.07) is 55.2. The number of benzene rings is 6. The standard InChI is InChI=1S/C44H28N4/c1-2-10-33-24-35(22-19-29(33)8-1)30-17-20-32(21-18-30)41-27-42(48-44(47-41)40-16-6-11-31-9-3-4-15-39(31)40)36-13-5-12-34(25-36)38-26-37-14-7-23-45-43(37)46-28-38/h1-28H. The van der Waals surface area contributed by atoms with Gasteiger partial charge in [-0.25, -0.2) is 19.9 Å². The van der Waals surface area contributed by atoms with Crippen LogP contribution in [0.3, 0.4) is 0 Å². The Labute approximate surface area is 278 Å². The summed E-state index contributed by atoms with van der Waals surface area (Å²) in [5.74, 6) is 0.696. The summed E-state index contributed by atoms with van der Waals surface area (Å²) in [5.41, 5.74) is 9.98. The third-order valence-corrected chi connectivity index (χ3v) is 8.97. The molecule has 3 aromatic heterocycles. The first kappa shape index (κ1) is 27.8. The molecule has 0 aliphatic carbocycles. The SMILES string of the molecule is c1cc(-c2cnc3ncccc3c2)cc(-c2cc(-c3ccc(-c4ccc5ccccc5c4)cc3)nc(-c3cccc4ccccc34)n2)c1. The molecule has 0 bridgehead atoms. The van der Waals surface area contributed by atoms with Crippen molar-refractivity contribution >= 4 is 32.6 Å². The van der Waals surface area contributed by atoms with E-state index in [1.165, 1.54) is 21.9 Å². The molecule has 0 atom stereocenters. The molecule has 0 amide bonds. The van der Waals surface area contributed by atoms with Crippen LogP contribution in [-0.4, -0.2) is 19.9 Å². The number of hydrogen-bond donors (Lipinski definition) is 0. The molecular formula is C44H28N4. The second-order valence-corrected chi connectivity index (χ2v) is 12.0. The summed E-state index contributed by atoms with van der Waals surface area (Å²) < 4.78 is 0. The number of pyridine rings is 2. The topological polar surface area (TPSA) is 51.6 Å². The highest BCUT2D eigenvalue weighted by Crippen LogP contribution is 2.34. The molecule has 0 radical (unpaired) electrons.